The lowest BCUT2D eigenvalue weighted by molar-refractivity contribution is -0.113. The third-order valence-corrected chi connectivity index (χ3v) is 5.39. The highest BCUT2D eigenvalue weighted by Gasteiger charge is 2.16. The number of hydrogen-bond donors (Lipinski definition) is 1. The lowest BCUT2D eigenvalue weighted by Gasteiger charge is -2.11. The maximum absolute atomic E-state index is 12.3. The van der Waals surface area contributed by atoms with Gasteiger partial charge in [-0.3, -0.25) is 4.79 Å². The molecule has 1 amide bonds. The number of anilines is 1. The van der Waals surface area contributed by atoms with Crippen LogP contribution in [0.4, 0.5) is 5.82 Å². The SMILES string of the molecule is CCOc1ccccc1-n1nnnc1SCC(=O)Nc1ncc(Cl)c(C)c1Cl. The van der Waals surface area contributed by atoms with E-state index in [2.05, 4.69) is 25.8 Å². The summed E-state index contributed by atoms with van der Waals surface area (Å²) in [5.74, 6) is 0.678. The van der Waals surface area contributed by atoms with Crippen molar-refractivity contribution in [3.05, 3.63) is 46.1 Å². The minimum Gasteiger partial charge on any atom is -0.492 e. The van der Waals surface area contributed by atoms with Gasteiger partial charge in [0.05, 0.1) is 22.4 Å². The van der Waals surface area contributed by atoms with Gasteiger partial charge in [0.15, 0.2) is 5.82 Å². The van der Waals surface area contributed by atoms with E-state index in [0.29, 0.717) is 38.8 Å². The Kier molecular flexibility index (Phi) is 6.71. The lowest BCUT2D eigenvalue weighted by Crippen LogP contribution is -2.16. The smallest absolute Gasteiger partial charge is 0.236 e. The molecule has 3 aromatic rings. The molecule has 0 spiro atoms. The number of para-hydroxylation sites is 2. The minimum atomic E-state index is -0.297. The van der Waals surface area contributed by atoms with Gasteiger partial charge in [0.25, 0.3) is 0 Å². The second kappa shape index (κ2) is 9.22. The first kappa shape index (κ1) is 20.4. The molecule has 2 heterocycles. The summed E-state index contributed by atoms with van der Waals surface area (Å²) in [6.07, 6.45) is 1.44. The molecule has 0 saturated carbocycles. The van der Waals surface area contributed by atoms with E-state index in [4.69, 9.17) is 27.9 Å². The van der Waals surface area contributed by atoms with Crippen molar-refractivity contribution in [2.24, 2.45) is 0 Å². The minimum absolute atomic E-state index is 0.0663. The molecule has 0 radical (unpaired) electrons. The monoisotopic (exact) mass is 438 g/mol. The Hall–Kier alpha value is -2.36. The third-order valence-electron chi connectivity index (χ3n) is 3.63. The zero-order valence-corrected chi connectivity index (χ0v) is 17.3. The number of amides is 1. The van der Waals surface area contributed by atoms with Gasteiger partial charge in [-0.25, -0.2) is 4.98 Å². The van der Waals surface area contributed by atoms with Crippen molar-refractivity contribution >= 4 is 46.7 Å². The van der Waals surface area contributed by atoms with E-state index in [1.54, 1.807) is 6.92 Å². The Morgan fingerprint density at radius 3 is 2.89 bits per heavy atom. The molecule has 1 aromatic carbocycles. The number of benzene rings is 1. The summed E-state index contributed by atoms with van der Waals surface area (Å²) < 4.78 is 7.14. The van der Waals surface area contributed by atoms with Crippen LogP contribution in [0.3, 0.4) is 0 Å². The Bertz CT molecular complexity index is 998. The van der Waals surface area contributed by atoms with Gasteiger partial charge in [0, 0.05) is 6.20 Å². The van der Waals surface area contributed by atoms with Crippen LogP contribution in [0.15, 0.2) is 35.6 Å². The van der Waals surface area contributed by atoms with Gasteiger partial charge in [0.2, 0.25) is 11.1 Å². The number of thioether (sulfide) groups is 1. The highest BCUT2D eigenvalue weighted by molar-refractivity contribution is 7.99. The second-order valence-electron chi connectivity index (χ2n) is 5.50. The maximum atomic E-state index is 12.3. The van der Waals surface area contributed by atoms with Crippen LogP contribution in [0, 0.1) is 6.92 Å². The van der Waals surface area contributed by atoms with Gasteiger partial charge >= 0.3 is 0 Å². The predicted octanol–water partition coefficient (Wildman–Crippen LogP) is 3.80. The Labute approximate surface area is 175 Å². The highest BCUT2D eigenvalue weighted by Crippen LogP contribution is 2.29. The molecule has 0 atom stereocenters. The number of carbonyl (C=O) groups is 1. The molecule has 8 nitrogen and oxygen atoms in total. The average Bonchev–Trinajstić information content (AvgIpc) is 3.16. The van der Waals surface area contributed by atoms with Crippen LogP contribution in [0.1, 0.15) is 12.5 Å². The maximum Gasteiger partial charge on any atom is 0.236 e. The molecule has 146 valence electrons. The van der Waals surface area contributed by atoms with Crippen molar-refractivity contribution in [1.82, 2.24) is 25.2 Å². The largest absolute Gasteiger partial charge is 0.492 e. The number of nitrogens with zero attached hydrogens (tertiary/aromatic N) is 5. The van der Waals surface area contributed by atoms with Crippen LogP contribution in [0.25, 0.3) is 5.69 Å². The number of halogens is 2. The van der Waals surface area contributed by atoms with Crippen LogP contribution >= 0.6 is 35.0 Å². The summed E-state index contributed by atoms with van der Waals surface area (Å²) in [7, 11) is 0. The number of ether oxygens (including phenoxy) is 1. The molecular weight excluding hydrogens is 423 g/mol. The predicted molar refractivity (Wildman–Crippen MR) is 109 cm³/mol. The third kappa shape index (κ3) is 4.54. The van der Waals surface area contributed by atoms with Gasteiger partial charge in [-0.1, -0.05) is 47.1 Å². The molecule has 0 bridgehead atoms. The van der Waals surface area contributed by atoms with E-state index >= 15 is 0 Å². The molecular formula is C17H16Cl2N6O2S. The topological polar surface area (TPSA) is 94.8 Å². The van der Waals surface area contributed by atoms with Crippen molar-refractivity contribution in [3.63, 3.8) is 0 Å². The van der Waals surface area contributed by atoms with Crippen molar-refractivity contribution in [3.8, 4) is 11.4 Å². The summed E-state index contributed by atoms with van der Waals surface area (Å²) in [6.45, 7) is 4.16. The number of nitrogens with one attached hydrogen (secondary N) is 1. The molecule has 0 fully saturated rings. The Balaban J connectivity index is 1.71. The van der Waals surface area contributed by atoms with E-state index in [1.807, 2.05) is 31.2 Å². The number of hydrogen-bond acceptors (Lipinski definition) is 7. The lowest BCUT2D eigenvalue weighted by atomic mass is 10.3. The summed E-state index contributed by atoms with van der Waals surface area (Å²) in [5.41, 5.74) is 1.34. The number of carbonyl (C=O) groups excluding carboxylic acids is 1. The molecule has 0 aliphatic rings. The van der Waals surface area contributed by atoms with E-state index in [9.17, 15) is 4.79 Å². The summed E-state index contributed by atoms with van der Waals surface area (Å²) >= 11 is 13.3. The Morgan fingerprint density at radius 1 is 1.32 bits per heavy atom. The molecule has 1 N–H and O–H groups in total. The molecule has 0 saturated heterocycles. The fraction of sp³-hybridized carbons (Fsp3) is 0.235. The van der Waals surface area contributed by atoms with Gasteiger partial charge in [-0.15, -0.1) is 5.10 Å². The average molecular weight is 439 g/mol. The fourth-order valence-corrected chi connectivity index (χ4v) is 3.35. The van der Waals surface area contributed by atoms with Crippen LogP contribution in [-0.4, -0.2) is 43.5 Å². The van der Waals surface area contributed by atoms with Gasteiger partial charge in [0.1, 0.15) is 11.4 Å². The van der Waals surface area contributed by atoms with E-state index in [0.717, 1.165) is 0 Å². The second-order valence-corrected chi connectivity index (χ2v) is 7.23. The van der Waals surface area contributed by atoms with E-state index in [-0.39, 0.29) is 17.5 Å². The van der Waals surface area contributed by atoms with Gasteiger partial charge < -0.3 is 10.1 Å². The van der Waals surface area contributed by atoms with Crippen LogP contribution < -0.4 is 10.1 Å². The van der Waals surface area contributed by atoms with Crippen molar-refractivity contribution < 1.29 is 9.53 Å². The first-order chi connectivity index (χ1) is 13.5. The zero-order valence-electron chi connectivity index (χ0n) is 15.0. The summed E-state index contributed by atoms with van der Waals surface area (Å²) in [6, 6.07) is 7.39. The highest BCUT2D eigenvalue weighted by atomic mass is 35.5. The van der Waals surface area contributed by atoms with Crippen molar-refractivity contribution in [1.29, 1.82) is 0 Å². The number of aromatic nitrogens is 5. The quantitative estimate of drug-likeness (QED) is 0.560. The normalized spacial score (nSPS) is 10.7. The van der Waals surface area contributed by atoms with Crippen molar-refractivity contribution in [2.75, 3.05) is 17.7 Å². The fourth-order valence-electron chi connectivity index (χ4n) is 2.27. The van der Waals surface area contributed by atoms with Gasteiger partial charge in [-0.05, 0) is 42.0 Å². The molecule has 0 aliphatic carbocycles. The van der Waals surface area contributed by atoms with E-state index in [1.165, 1.54) is 22.6 Å². The van der Waals surface area contributed by atoms with Crippen molar-refractivity contribution in [2.45, 2.75) is 19.0 Å². The first-order valence-electron chi connectivity index (χ1n) is 8.25. The molecule has 0 unspecified atom stereocenters. The number of rotatable bonds is 7. The molecule has 0 aliphatic heterocycles. The Morgan fingerprint density at radius 2 is 2.11 bits per heavy atom. The summed E-state index contributed by atoms with van der Waals surface area (Å²) in [4.78, 5) is 16.4. The zero-order chi connectivity index (χ0) is 20.1. The van der Waals surface area contributed by atoms with Crippen LogP contribution in [0.2, 0.25) is 10.0 Å². The standard InChI is InChI=1S/C17H16Cl2N6O2S/c1-3-27-13-7-5-4-6-12(13)25-17(22-23-24-25)28-9-14(26)21-16-15(19)10(2)11(18)8-20-16/h4-8H,3,9H2,1-2H3,(H,20,21,26). The van der Waals surface area contributed by atoms with E-state index < -0.39 is 0 Å². The molecule has 2 aromatic heterocycles. The van der Waals surface area contributed by atoms with Crippen LogP contribution in [0.5, 0.6) is 5.75 Å². The number of tetrazole rings is 1. The van der Waals surface area contributed by atoms with Crippen LogP contribution in [-0.2, 0) is 4.79 Å². The van der Waals surface area contributed by atoms with Gasteiger partial charge in [-0.2, -0.15) is 4.68 Å². The molecule has 11 heteroatoms. The molecule has 28 heavy (non-hydrogen) atoms. The molecule has 3 rings (SSSR count). The first-order valence-corrected chi connectivity index (χ1v) is 9.99. The summed E-state index contributed by atoms with van der Waals surface area (Å²) in [5, 5.41) is 15.6. The number of pyridine rings is 1.